The topological polar surface area (TPSA) is 74.6 Å². The fourth-order valence-corrected chi connectivity index (χ4v) is 1.99. The third-order valence-corrected chi connectivity index (χ3v) is 2.71. The van der Waals surface area contributed by atoms with Crippen molar-refractivity contribution >= 4 is 11.9 Å². The van der Waals surface area contributed by atoms with E-state index in [4.69, 9.17) is 10.2 Å². The average Bonchev–Trinajstić information content (AvgIpc) is 2.17. The zero-order chi connectivity index (χ0) is 11.4. The summed E-state index contributed by atoms with van der Waals surface area (Å²) in [4.78, 5) is 21.9. The van der Waals surface area contributed by atoms with E-state index in [1.54, 1.807) is 18.2 Å². The molecule has 4 heteroatoms. The van der Waals surface area contributed by atoms with Crippen LogP contribution < -0.4 is 0 Å². The Labute approximate surface area is 87.9 Å². The molecule has 3 atom stereocenters. The van der Waals surface area contributed by atoms with Gasteiger partial charge in [-0.15, -0.1) is 6.58 Å². The van der Waals surface area contributed by atoms with Gasteiger partial charge in [-0.2, -0.15) is 0 Å². The van der Waals surface area contributed by atoms with Crippen LogP contribution in [0, 0.1) is 17.8 Å². The first-order valence-electron chi connectivity index (χ1n) is 4.81. The number of rotatable bonds is 4. The standard InChI is InChI=1S/C11H14O4/c1-2-4-7-5-3-6-8(10(12)13)9(7)11(14)15/h2-3,5,7-9H,1,4,6H2,(H,12,13)(H,14,15)/t7-,8+,9-/m0/s1. The fraction of sp³-hybridized carbons (Fsp3) is 0.455. The van der Waals surface area contributed by atoms with Gasteiger partial charge in [0, 0.05) is 0 Å². The summed E-state index contributed by atoms with van der Waals surface area (Å²) in [6.07, 6.45) is 5.93. The Kier molecular flexibility index (Phi) is 3.66. The molecule has 0 aromatic carbocycles. The van der Waals surface area contributed by atoms with Crippen LogP contribution in [0.3, 0.4) is 0 Å². The van der Waals surface area contributed by atoms with E-state index >= 15 is 0 Å². The lowest BCUT2D eigenvalue weighted by Gasteiger charge is -2.28. The second kappa shape index (κ2) is 4.77. The highest BCUT2D eigenvalue weighted by Gasteiger charge is 2.39. The van der Waals surface area contributed by atoms with E-state index < -0.39 is 23.8 Å². The molecule has 0 aliphatic heterocycles. The molecule has 0 aromatic heterocycles. The monoisotopic (exact) mass is 210 g/mol. The van der Waals surface area contributed by atoms with Gasteiger partial charge in [0.25, 0.3) is 0 Å². The molecule has 1 rings (SSSR count). The molecule has 0 saturated heterocycles. The Morgan fingerprint density at radius 2 is 2.07 bits per heavy atom. The minimum absolute atomic E-state index is 0.255. The zero-order valence-electron chi connectivity index (χ0n) is 8.30. The van der Waals surface area contributed by atoms with Gasteiger partial charge in [-0.05, 0) is 18.8 Å². The summed E-state index contributed by atoms with van der Waals surface area (Å²) in [6.45, 7) is 3.54. The molecule has 0 bridgehead atoms. The minimum atomic E-state index is -1.04. The summed E-state index contributed by atoms with van der Waals surface area (Å²) >= 11 is 0. The molecule has 0 aromatic rings. The average molecular weight is 210 g/mol. The van der Waals surface area contributed by atoms with Crippen molar-refractivity contribution in [3.63, 3.8) is 0 Å². The third-order valence-electron chi connectivity index (χ3n) is 2.71. The number of aliphatic carboxylic acids is 2. The fourth-order valence-electron chi connectivity index (χ4n) is 1.99. The maximum Gasteiger partial charge on any atom is 0.307 e. The lowest BCUT2D eigenvalue weighted by Crippen LogP contribution is -2.36. The van der Waals surface area contributed by atoms with Crippen molar-refractivity contribution in [2.45, 2.75) is 12.8 Å². The smallest absolute Gasteiger partial charge is 0.307 e. The summed E-state index contributed by atoms with van der Waals surface area (Å²) in [7, 11) is 0. The second-order valence-corrected chi connectivity index (χ2v) is 3.66. The van der Waals surface area contributed by atoms with E-state index in [0.717, 1.165) is 0 Å². The predicted octanol–water partition coefficient (Wildman–Crippen LogP) is 1.54. The molecule has 0 radical (unpaired) electrons. The zero-order valence-corrected chi connectivity index (χ0v) is 8.30. The first-order chi connectivity index (χ1) is 7.07. The van der Waals surface area contributed by atoms with Gasteiger partial charge in [-0.1, -0.05) is 18.2 Å². The molecule has 0 unspecified atom stereocenters. The molecule has 0 spiro atoms. The largest absolute Gasteiger partial charge is 0.481 e. The third kappa shape index (κ3) is 2.46. The van der Waals surface area contributed by atoms with Crippen molar-refractivity contribution in [3.8, 4) is 0 Å². The highest BCUT2D eigenvalue weighted by molar-refractivity contribution is 5.81. The first kappa shape index (κ1) is 11.5. The Morgan fingerprint density at radius 3 is 2.53 bits per heavy atom. The van der Waals surface area contributed by atoms with Gasteiger partial charge in [0.1, 0.15) is 0 Å². The van der Waals surface area contributed by atoms with Gasteiger partial charge in [0.2, 0.25) is 0 Å². The van der Waals surface area contributed by atoms with Crippen LogP contribution in [-0.2, 0) is 9.59 Å². The normalized spacial score (nSPS) is 29.7. The van der Waals surface area contributed by atoms with Crippen LogP contribution in [0.2, 0.25) is 0 Å². The molecule has 4 nitrogen and oxygen atoms in total. The van der Waals surface area contributed by atoms with Crippen LogP contribution in [0.15, 0.2) is 24.8 Å². The minimum Gasteiger partial charge on any atom is -0.481 e. The van der Waals surface area contributed by atoms with Crippen molar-refractivity contribution in [1.82, 2.24) is 0 Å². The summed E-state index contributed by atoms with van der Waals surface area (Å²) in [5.74, 6) is -4.00. The van der Waals surface area contributed by atoms with Gasteiger partial charge in [-0.25, -0.2) is 0 Å². The molecule has 1 aliphatic carbocycles. The van der Waals surface area contributed by atoms with Crippen LogP contribution in [0.1, 0.15) is 12.8 Å². The van der Waals surface area contributed by atoms with Crippen molar-refractivity contribution in [3.05, 3.63) is 24.8 Å². The van der Waals surface area contributed by atoms with Crippen LogP contribution >= 0.6 is 0 Å². The Balaban J connectivity index is 2.93. The first-order valence-corrected chi connectivity index (χ1v) is 4.81. The predicted molar refractivity (Wildman–Crippen MR) is 54.3 cm³/mol. The highest BCUT2D eigenvalue weighted by atomic mass is 16.4. The lowest BCUT2D eigenvalue weighted by molar-refractivity contribution is -0.155. The Morgan fingerprint density at radius 1 is 1.40 bits per heavy atom. The second-order valence-electron chi connectivity index (χ2n) is 3.66. The van der Waals surface area contributed by atoms with Gasteiger partial charge >= 0.3 is 11.9 Å². The van der Waals surface area contributed by atoms with E-state index in [-0.39, 0.29) is 5.92 Å². The molecule has 0 amide bonds. The van der Waals surface area contributed by atoms with Gasteiger partial charge in [-0.3, -0.25) is 9.59 Å². The molecular weight excluding hydrogens is 196 g/mol. The molecule has 82 valence electrons. The SMILES string of the molecule is C=CC[C@H]1C=CC[C@@H](C(=O)O)[C@H]1C(=O)O. The van der Waals surface area contributed by atoms with E-state index in [9.17, 15) is 9.59 Å². The summed E-state index contributed by atoms with van der Waals surface area (Å²) in [6, 6.07) is 0. The van der Waals surface area contributed by atoms with Crippen LogP contribution in [-0.4, -0.2) is 22.2 Å². The van der Waals surface area contributed by atoms with E-state index in [0.29, 0.717) is 12.8 Å². The molecule has 15 heavy (non-hydrogen) atoms. The maximum atomic E-state index is 11.0. The van der Waals surface area contributed by atoms with Gasteiger partial charge < -0.3 is 10.2 Å². The number of carboxylic acid groups (broad SMARTS) is 2. The van der Waals surface area contributed by atoms with E-state index in [1.807, 2.05) is 0 Å². The summed E-state index contributed by atoms with van der Waals surface area (Å²) in [5, 5.41) is 17.9. The number of carbonyl (C=O) groups is 2. The molecule has 2 N–H and O–H groups in total. The highest BCUT2D eigenvalue weighted by Crippen LogP contribution is 2.33. The quantitative estimate of drug-likeness (QED) is 0.690. The van der Waals surface area contributed by atoms with E-state index in [1.165, 1.54) is 0 Å². The number of hydrogen-bond acceptors (Lipinski definition) is 2. The molecule has 0 heterocycles. The summed E-state index contributed by atoms with van der Waals surface area (Å²) < 4.78 is 0. The Hall–Kier alpha value is -1.58. The molecular formula is C11H14O4. The molecule has 1 aliphatic rings. The molecule has 0 saturated carbocycles. The lowest BCUT2D eigenvalue weighted by atomic mass is 9.74. The number of hydrogen-bond donors (Lipinski definition) is 2. The van der Waals surface area contributed by atoms with Crippen LogP contribution in [0.5, 0.6) is 0 Å². The van der Waals surface area contributed by atoms with E-state index in [2.05, 4.69) is 6.58 Å². The number of allylic oxidation sites excluding steroid dienone is 3. The molecule has 0 fully saturated rings. The van der Waals surface area contributed by atoms with Gasteiger partial charge in [0.15, 0.2) is 0 Å². The van der Waals surface area contributed by atoms with Crippen molar-refractivity contribution < 1.29 is 19.8 Å². The van der Waals surface area contributed by atoms with Crippen molar-refractivity contribution in [2.75, 3.05) is 0 Å². The van der Waals surface area contributed by atoms with Gasteiger partial charge in [0.05, 0.1) is 11.8 Å². The number of carboxylic acids is 2. The van der Waals surface area contributed by atoms with Crippen LogP contribution in [0.25, 0.3) is 0 Å². The summed E-state index contributed by atoms with van der Waals surface area (Å²) in [5.41, 5.74) is 0. The van der Waals surface area contributed by atoms with Crippen LogP contribution in [0.4, 0.5) is 0 Å². The van der Waals surface area contributed by atoms with Crippen molar-refractivity contribution in [2.24, 2.45) is 17.8 Å². The maximum absolute atomic E-state index is 11.0. The Bertz CT molecular complexity index is 306. The van der Waals surface area contributed by atoms with Crippen molar-refractivity contribution in [1.29, 1.82) is 0 Å².